The number of carbonyl (C=O) groups excluding carboxylic acids is 4. The smallest absolute Gasteiger partial charge is 0.344 e. The molecular weight excluding hydrogens is 424 g/mol. The van der Waals surface area contributed by atoms with E-state index < -0.39 is 11.9 Å². The third kappa shape index (κ3) is 6.24. The van der Waals surface area contributed by atoms with Crippen molar-refractivity contribution in [1.82, 2.24) is 4.90 Å². The second kappa shape index (κ2) is 10.9. The molecule has 166 valence electrons. The molecule has 0 N–H and O–H groups in total. The zero-order valence-electron chi connectivity index (χ0n) is 17.2. The third-order valence-electron chi connectivity index (χ3n) is 4.72. The summed E-state index contributed by atoms with van der Waals surface area (Å²) in [5.41, 5.74) is 0.813. The molecule has 2 aliphatic rings. The maximum absolute atomic E-state index is 11.9. The first-order valence-electron chi connectivity index (χ1n) is 9.89. The SMILES string of the molecule is COC(=O)/C=C1/SCC(=O)N1CCCOC(=O)COc1ccc(N2CCCC2=O)cc1. The maximum atomic E-state index is 11.9. The Labute approximate surface area is 184 Å². The van der Waals surface area contributed by atoms with Crippen molar-refractivity contribution >= 4 is 41.2 Å². The lowest BCUT2D eigenvalue weighted by molar-refractivity contribution is -0.146. The third-order valence-corrected chi connectivity index (χ3v) is 5.75. The number of esters is 2. The van der Waals surface area contributed by atoms with Crippen LogP contribution >= 0.6 is 11.8 Å². The van der Waals surface area contributed by atoms with Crippen molar-refractivity contribution in [3.05, 3.63) is 35.4 Å². The van der Waals surface area contributed by atoms with Gasteiger partial charge in [-0.05, 0) is 37.1 Å². The number of anilines is 1. The van der Waals surface area contributed by atoms with Crippen LogP contribution in [0, 0.1) is 0 Å². The highest BCUT2D eigenvalue weighted by atomic mass is 32.2. The van der Waals surface area contributed by atoms with E-state index in [1.165, 1.54) is 29.8 Å². The monoisotopic (exact) mass is 448 g/mol. The van der Waals surface area contributed by atoms with Crippen LogP contribution in [0.15, 0.2) is 35.4 Å². The lowest BCUT2D eigenvalue weighted by Crippen LogP contribution is -2.27. The van der Waals surface area contributed by atoms with Crippen LogP contribution in [0.3, 0.4) is 0 Å². The van der Waals surface area contributed by atoms with Gasteiger partial charge in [0, 0.05) is 25.2 Å². The highest BCUT2D eigenvalue weighted by molar-refractivity contribution is 8.04. The number of benzene rings is 1. The number of nitrogens with zero attached hydrogens (tertiary/aromatic N) is 2. The maximum Gasteiger partial charge on any atom is 0.344 e. The number of hydrogen-bond acceptors (Lipinski definition) is 8. The summed E-state index contributed by atoms with van der Waals surface area (Å²) in [4.78, 5) is 50.2. The minimum atomic E-state index is -0.522. The van der Waals surface area contributed by atoms with Gasteiger partial charge in [0.25, 0.3) is 0 Å². The molecule has 0 bridgehead atoms. The van der Waals surface area contributed by atoms with Gasteiger partial charge in [-0.2, -0.15) is 0 Å². The van der Waals surface area contributed by atoms with Gasteiger partial charge in [-0.3, -0.25) is 9.59 Å². The van der Waals surface area contributed by atoms with E-state index in [2.05, 4.69) is 4.74 Å². The van der Waals surface area contributed by atoms with Gasteiger partial charge in [0.15, 0.2) is 6.61 Å². The molecule has 2 heterocycles. The van der Waals surface area contributed by atoms with Crippen LogP contribution in [0.4, 0.5) is 5.69 Å². The fraction of sp³-hybridized carbons (Fsp3) is 0.429. The van der Waals surface area contributed by atoms with E-state index in [-0.39, 0.29) is 30.8 Å². The first-order valence-corrected chi connectivity index (χ1v) is 10.9. The van der Waals surface area contributed by atoms with Gasteiger partial charge in [-0.15, -0.1) is 0 Å². The Morgan fingerprint density at radius 2 is 1.94 bits per heavy atom. The Kier molecular flexibility index (Phi) is 7.94. The molecule has 0 unspecified atom stereocenters. The number of methoxy groups -OCH3 is 1. The summed E-state index contributed by atoms with van der Waals surface area (Å²) in [5, 5.41) is 0.533. The Bertz CT molecular complexity index is 869. The van der Waals surface area contributed by atoms with Gasteiger partial charge in [0.1, 0.15) is 5.75 Å². The fourth-order valence-corrected chi connectivity index (χ4v) is 4.12. The molecule has 2 aliphatic heterocycles. The summed E-state index contributed by atoms with van der Waals surface area (Å²) >= 11 is 1.27. The van der Waals surface area contributed by atoms with Crippen molar-refractivity contribution in [2.45, 2.75) is 19.3 Å². The lowest BCUT2D eigenvalue weighted by Gasteiger charge is -2.17. The summed E-state index contributed by atoms with van der Waals surface area (Å²) in [6, 6.07) is 6.99. The van der Waals surface area contributed by atoms with Crippen LogP contribution in [0.5, 0.6) is 5.75 Å². The van der Waals surface area contributed by atoms with E-state index in [1.807, 2.05) is 0 Å². The largest absolute Gasteiger partial charge is 0.482 e. The minimum Gasteiger partial charge on any atom is -0.482 e. The minimum absolute atomic E-state index is 0.103. The van der Waals surface area contributed by atoms with Crippen LogP contribution < -0.4 is 9.64 Å². The van der Waals surface area contributed by atoms with Crippen molar-refractivity contribution in [3.63, 3.8) is 0 Å². The van der Waals surface area contributed by atoms with E-state index >= 15 is 0 Å². The molecule has 1 aromatic carbocycles. The predicted molar refractivity (Wildman–Crippen MR) is 113 cm³/mol. The van der Waals surface area contributed by atoms with Crippen LogP contribution in [0.1, 0.15) is 19.3 Å². The molecule has 3 rings (SSSR count). The average Bonchev–Trinajstić information content (AvgIpc) is 3.35. The Balaban J connectivity index is 1.37. The quantitative estimate of drug-likeness (QED) is 0.320. The molecule has 0 radical (unpaired) electrons. The van der Waals surface area contributed by atoms with Crippen molar-refractivity contribution < 1.29 is 33.4 Å². The fourth-order valence-electron chi connectivity index (χ4n) is 3.16. The van der Waals surface area contributed by atoms with Crippen LogP contribution in [0.2, 0.25) is 0 Å². The summed E-state index contributed by atoms with van der Waals surface area (Å²) in [6.07, 6.45) is 3.13. The van der Waals surface area contributed by atoms with Gasteiger partial charge in [0.05, 0.1) is 30.6 Å². The predicted octanol–water partition coefficient (Wildman–Crippen LogP) is 1.72. The molecule has 1 aromatic rings. The average molecular weight is 448 g/mol. The molecule has 9 nitrogen and oxygen atoms in total. The van der Waals surface area contributed by atoms with Gasteiger partial charge < -0.3 is 24.0 Å². The first kappa shape index (κ1) is 22.7. The van der Waals surface area contributed by atoms with E-state index in [4.69, 9.17) is 9.47 Å². The zero-order valence-corrected chi connectivity index (χ0v) is 18.0. The van der Waals surface area contributed by atoms with E-state index in [1.54, 1.807) is 29.2 Å². The molecule has 0 saturated carbocycles. The number of thioether (sulfide) groups is 1. The van der Waals surface area contributed by atoms with E-state index in [0.717, 1.165) is 12.1 Å². The summed E-state index contributed by atoms with van der Waals surface area (Å²) in [6.45, 7) is 0.929. The Morgan fingerprint density at radius 1 is 1.16 bits per heavy atom. The van der Waals surface area contributed by atoms with Gasteiger partial charge in [-0.25, -0.2) is 9.59 Å². The van der Waals surface area contributed by atoms with E-state index in [9.17, 15) is 19.2 Å². The van der Waals surface area contributed by atoms with E-state index in [0.29, 0.717) is 36.7 Å². The number of rotatable bonds is 9. The zero-order chi connectivity index (χ0) is 22.2. The van der Waals surface area contributed by atoms with Gasteiger partial charge in [-0.1, -0.05) is 11.8 Å². The van der Waals surface area contributed by atoms with Crippen molar-refractivity contribution in [1.29, 1.82) is 0 Å². The first-order chi connectivity index (χ1) is 15.0. The normalized spacial score (nSPS) is 17.4. The van der Waals surface area contributed by atoms with Crippen molar-refractivity contribution in [3.8, 4) is 5.75 Å². The number of ether oxygens (including phenoxy) is 3. The highest BCUT2D eigenvalue weighted by Gasteiger charge is 2.27. The van der Waals surface area contributed by atoms with Gasteiger partial charge >= 0.3 is 11.9 Å². The Hall–Kier alpha value is -3.01. The molecule has 0 aromatic heterocycles. The summed E-state index contributed by atoms with van der Waals surface area (Å²) in [5.74, 6) is -0.267. The molecule has 10 heteroatoms. The topological polar surface area (TPSA) is 102 Å². The molecule has 2 fully saturated rings. The lowest BCUT2D eigenvalue weighted by atomic mass is 10.3. The number of hydrogen-bond donors (Lipinski definition) is 0. The number of amides is 2. The highest BCUT2D eigenvalue weighted by Crippen LogP contribution is 2.29. The molecule has 0 aliphatic carbocycles. The summed E-state index contributed by atoms with van der Waals surface area (Å²) < 4.78 is 15.2. The molecule has 31 heavy (non-hydrogen) atoms. The van der Waals surface area contributed by atoms with Crippen molar-refractivity contribution in [2.24, 2.45) is 0 Å². The van der Waals surface area contributed by atoms with Crippen LogP contribution in [-0.4, -0.2) is 67.8 Å². The second-order valence-electron chi connectivity index (χ2n) is 6.85. The molecule has 2 saturated heterocycles. The molecular formula is C21H24N2O7S. The van der Waals surface area contributed by atoms with Crippen molar-refractivity contribution in [2.75, 3.05) is 44.1 Å². The standard InChI is InChI=1S/C21H24N2O7S/c1-28-20(26)12-19-23(18(25)14-31-19)10-3-11-29-21(27)13-30-16-7-5-15(6-8-16)22-9-2-4-17(22)24/h5-8,12H,2-4,9-11,13-14H2,1H3/b19-12+. The second-order valence-corrected chi connectivity index (χ2v) is 7.84. The molecule has 0 atom stereocenters. The number of carbonyl (C=O) groups is 4. The summed E-state index contributed by atoms with van der Waals surface area (Å²) in [7, 11) is 1.27. The van der Waals surface area contributed by atoms with Crippen LogP contribution in [-0.2, 0) is 28.7 Å². The molecule has 0 spiro atoms. The van der Waals surface area contributed by atoms with Gasteiger partial charge in [0.2, 0.25) is 11.8 Å². The Morgan fingerprint density at radius 3 is 2.61 bits per heavy atom. The van der Waals surface area contributed by atoms with Crippen LogP contribution in [0.25, 0.3) is 0 Å². The molecule has 2 amide bonds.